The molecule has 2 aliphatic rings. The fraction of sp³-hybridized carbons (Fsp3) is 0.444. The van der Waals surface area contributed by atoms with E-state index in [-0.39, 0.29) is 5.56 Å². The van der Waals surface area contributed by atoms with Crippen LogP contribution >= 0.6 is 34.7 Å². The number of rotatable bonds is 7. The smallest absolute Gasteiger partial charge is 0.262 e. The summed E-state index contributed by atoms with van der Waals surface area (Å²) in [4.78, 5) is 35.4. The van der Waals surface area contributed by atoms with Crippen LogP contribution in [0.25, 0.3) is 10.9 Å². The molecule has 0 radical (unpaired) electrons. The van der Waals surface area contributed by atoms with Gasteiger partial charge in [0.15, 0.2) is 0 Å². The van der Waals surface area contributed by atoms with Gasteiger partial charge in [0, 0.05) is 30.0 Å². The van der Waals surface area contributed by atoms with Crippen molar-refractivity contribution in [3.63, 3.8) is 0 Å². The first-order chi connectivity index (χ1) is 18.4. The molecule has 1 saturated heterocycles. The number of benzene rings is 1. The van der Waals surface area contributed by atoms with E-state index >= 15 is 0 Å². The molecule has 1 fully saturated rings. The Bertz CT molecular complexity index is 1470. The van der Waals surface area contributed by atoms with Crippen molar-refractivity contribution in [1.82, 2.24) is 19.4 Å². The lowest BCUT2D eigenvalue weighted by atomic mass is 9.71. The number of aromatic nitrogens is 3. The number of hydrogen-bond acceptors (Lipinski definition) is 8. The molecule has 0 amide bonds. The lowest BCUT2D eigenvalue weighted by Gasteiger charge is -2.42. The Morgan fingerprint density at radius 1 is 1.37 bits per heavy atom. The van der Waals surface area contributed by atoms with Gasteiger partial charge in [-0.15, -0.1) is 11.3 Å². The fourth-order valence-corrected chi connectivity index (χ4v) is 7.56. The summed E-state index contributed by atoms with van der Waals surface area (Å²) in [6.45, 7) is 10.9. The van der Waals surface area contributed by atoms with Crippen LogP contribution in [0.4, 0.5) is 0 Å². The van der Waals surface area contributed by atoms with E-state index in [0.29, 0.717) is 50.3 Å². The van der Waals surface area contributed by atoms with Gasteiger partial charge in [-0.2, -0.15) is 0 Å². The van der Waals surface area contributed by atoms with Gasteiger partial charge in [0.25, 0.3) is 5.56 Å². The molecule has 0 saturated carbocycles. The Morgan fingerprint density at radius 2 is 2.16 bits per heavy atom. The largest absolute Gasteiger partial charge is 0.383 e. The number of likely N-dealkylation sites (tertiary alicyclic amines) is 1. The van der Waals surface area contributed by atoms with Crippen LogP contribution in [0.1, 0.15) is 43.2 Å². The zero-order valence-electron chi connectivity index (χ0n) is 21.8. The van der Waals surface area contributed by atoms with Gasteiger partial charge in [0.05, 0.1) is 52.8 Å². The normalized spacial score (nSPS) is 19.4. The maximum atomic E-state index is 13.0. The Balaban J connectivity index is 1.29. The first kappa shape index (κ1) is 27.1. The molecule has 8 nitrogen and oxygen atoms in total. The second kappa shape index (κ2) is 11.3. The van der Waals surface area contributed by atoms with E-state index < -0.39 is 0 Å². The molecule has 1 aliphatic carbocycles. The number of nitrogens with zero attached hydrogens (tertiary/aromatic N) is 6. The maximum absolute atomic E-state index is 13.0. The first-order valence-electron chi connectivity index (χ1n) is 12.6. The number of thiazole rings is 1. The molecule has 1 spiro atoms. The summed E-state index contributed by atoms with van der Waals surface area (Å²) in [7, 11) is 1.59. The summed E-state index contributed by atoms with van der Waals surface area (Å²) in [6.07, 6.45) is 6.61. The lowest BCUT2D eigenvalue weighted by molar-refractivity contribution is 0.132. The Morgan fingerprint density at radius 3 is 2.87 bits per heavy atom. The summed E-state index contributed by atoms with van der Waals surface area (Å²) in [5.41, 5.74) is 3.97. The quantitative estimate of drug-likeness (QED) is 0.209. The van der Waals surface area contributed by atoms with Crippen LogP contribution in [-0.2, 0) is 17.7 Å². The van der Waals surface area contributed by atoms with E-state index in [4.69, 9.17) is 21.3 Å². The zero-order chi connectivity index (χ0) is 26.9. The molecule has 11 heteroatoms. The Kier molecular flexibility index (Phi) is 8.04. The summed E-state index contributed by atoms with van der Waals surface area (Å²) in [6, 6.07) is 3.64. The Labute approximate surface area is 235 Å². The molecule has 38 heavy (non-hydrogen) atoms. The number of aliphatic imine (C=N–C) groups is 2. The van der Waals surface area contributed by atoms with Crippen molar-refractivity contribution in [1.29, 1.82) is 0 Å². The Hall–Kier alpha value is -2.53. The summed E-state index contributed by atoms with van der Waals surface area (Å²) in [5.74, 6) is 1.53. The van der Waals surface area contributed by atoms with E-state index in [1.807, 2.05) is 18.5 Å². The molecule has 0 unspecified atom stereocenters. The van der Waals surface area contributed by atoms with Crippen molar-refractivity contribution in [3.05, 3.63) is 61.1 Å². The monoisotopic (exact) mass is 570 g/mol. The average molecular weight is 571 g/mol. The molecular weight excluding hydrogens is 540 g/mol. The van der Waals surface area contributed by atoms with E-state index in [9.17, 15) is 4.79 Å². The van der Waals surface area contributed by atoms with E-state index in [0.717, 1.165) is 38.2 Å². The van der Waals surface area contributed by atoms with Crippen LogP contribution < -0.4 is 5.56 Å². The SMILES string of the molecule is C=N/C(=C\N=C(/C)N1CCC2(CC1)Cc1ncsc1[C@@H]2C)Sc1ccc2ncn(CCOC)c(=O)c2c1Cl. The van der Waals surface area contributed by atoms with Crippen LogP contribution in [0.5, 0.6) is 0 Å². The molecule has 5 rings (SSSR count). The molecule has 1 aromatic carbocycles. The van der Waals surface area contributed by atoms with Gasteiger partial charge in [-0.25, -0.2) is 15.0 Å². The van der Waals surface area contributed by atoms with Crippen molar-refractivity contribution in [2.45, 2.75) is 50.5 Å². The number of thioether (sulfide) groups is 1. The van der Waals surface area contributed by atoms with E-state index in [1.54, 1.807) is 30.7 Å². The molecule has 2 aromatic heterocycles. The number of fused-ring (bicyclic) bond motifs is 2. The van der Waals surface area contributed by atoms with Gasteiger partial charge in [-0.1, -0.05) is 30.3 Å². The number of amidine groups is 1. The van der Waals surface area contributed by atoms with Gasteiger partial charge in [-0.3, -0.25) is 14.4 Å². The van der Waals surface area contributed by atoms with Crippen LogP contribution in [0.2, 0.25) is 5.02 Å². The lowest BCUT2D eigenvalue weighted by Crippen LogP contribution is -2.43. The van der Waals surface area contributed by atoms with Crippen LogP contribution in [0, 0.1) is 5.41 Å². The third-order valence-electron chi connectivity index (χ3n) is 7.88. The van der Waals surface area contributed by atoms with Crippen LogP contribution in [0.15, 0.2) is 54.9 Å². The molecule has 3 aromatic rings. The molecular formula is C27H31ClN6O2S2. The number of hydrogen-bond donors (Lipinski definition) is 0. The molecule has 200 valence electrons. The van der Waals surface area contributed by atoms with E-state index in [1.165, 1.54) is 33.2 Å². The fourth-order valence-electron chi connectivity index (χ4n) is 5.47. The number of methoxy groups -OCH3 is 1. The van der Waals surface area contributed by atoms with Gasteiger partial charge in [-0.05, 0) is 56.4 Å². The van der Waals surface area contributed by atoms with Crippen LogP contribution in [-0.4, -0.2) is 58.8 Å². The van der Waals surface area contributed by atoms with E-state index in [2.05, 4.69) is 33.5 Å². The third-order valence-corrected chi connectivity index (χ3v) is 10.4. The first-order valence-corrected chi connectivity index (χ1v) is 14.7. The second-order valence-electron chi connectivity index (χ2n) is 9.82. The molecule has 3 heterocycles. The van der Waals surface area contributed by atoms with Crippen LogP contribution in [0.3, 0.4) is 0 Å². The number of piperidine rings is 1. The van der Waals surface area contributed by atoms with Crippen molar-refractivity contribution in [2.24, 2.45) is 15.4 Å². The number of ether oxygens (including phenoxy) is 1. The summed E-state index contributed by atoms with van der Waals surface area (Å²) < 4.78 is 6.60. The highest BCUT2D eigenvalue weighted by molar-refractivity contribution is 8.03. The standard InChI is InChI=1S/C27H31ClN6O2S2/c1-17-25-20(32-16-37-25)13-27(17)7-9-33(10-8-27)18(2)30-14-22(29-3)38-21-6-5-19-23(24(21)28)26(35)34(15-31-19)11-12-36-4/h5-6,14-17H,3,7-13H2,1-2,4H3/b22-14+,30-18+/t17-/m0/s1. The topological polar surface area (TPSA) is 85.0 Å². The van der Waals surface area contributed by atoms with Gasteiger partial charge in [0.1, 0.15) is 10.9 Å². The zero-order valence-corrected chi connectivity index (χ0v) is 24.2. The van der Waals surface area contributed by atoms with Crippen molar-refractivity contribution in [3.8, 4) is 0 Å². The predicted molar refractivity (Wildman–Crippen MR) is 157 cm³/mol. The summed E-state index contributed by atoms with van der Waals surface area (Å²) >= 11 is 9.82. The molecule has 1 atom stereocenters. The number of halogens is 1. The average Bonchev–Trinajstić information content (AvgIpc) is 3.48. The van der Waals surface area contributed by atoms with Gasteiger partial charge >= 0.3 is 0 Å². The summed E-state index contributed by atoms with van der Waals surface area (Å²) in [5, 5.41) is 1.33. The van der Waals surface area contributed by atoms with Crippen molar-refractivity contribution in [2.75, 3.05) is 26.8 Å². The maximum Gasteiger partial charge on any atom is 0.262 e. The molecule has 0 N–H and O–H groups in total. The third kappa shape index (κ3) is 5.06. The van der Waals surface area contributed by atoms with Crippen molar-refractivity contribution >= 4 is 58.2 Å². The minimum absolute atomic E-state index is 0.198. The highest BCUT2D eigenvalue weighted by Crippen LogP contribution is 2.54. The highest BCUT2D eigenvalue weighted by atomic mass is 35.5. The van der Waals surface area contributed by atoms with Gasteiger partial charge in [0.2, 0.25) is 0 Å². The minimum atomic E-state index is -0.198. The predicted octanol–water partition coefficient (Wildman–Crippen LogP) is 5.60. The van der Waals surface area contributed by atoms with Gasteiger partial charge < -0.3 is 9.64 Å². The second-order valence-corrected chi connectivity index (χ2v) is 12.1. The molecule has 0 bridgehead atoms. The highest BCUT2D eigenvalue weighted by Gasteiger charge is 2.46. The molecule has 1 aliphatic heterocycles. The minimum Gasteiger partial charge on any atom is -0.383 e. The van der Waals surface area contributed by atoms with Crippen molar-refractivity contribution < 1.29 is 4.74 Å².